The molecule has 7 heteroatoms. The molecule has 3 rings (SSSR count). The van der Waals surface area contributed by atoms with Crippen molar-refractivity contribution >= 4 is 34.3 Å². The third-order valence-electron chi connectivity index (χ3n) is 3.79. The number of benzene rings is 2. The van der Waals surface area contributed by atoms with Gasteiger partial charge in [-0.15, -0.1) is 11.8 Å². The number of ether oxygens (including phenoxy) is 1. The van der Waals surface area contributed by atoms with Crippen molar-refractivity contribution in [2.45, 2.75) is 12.7 Å². The Morgan fingerprint density at radius 2 is 1.96 bits per heavy atom. The standard InChI is InChI=1S/C20H19FN2O3S/c1-2-26-16-6-4-14(5-7-16)23-20(25)12-27-11-15-10-19(24)17-9-13(21)3-8-18(17)22-15/h3-10H,2,11-12H2,1H3,(H,22,24)(H,23,25). The van der Waals surface area contributed by atoms with E-state index in [2.05, 4.69) is 10.3 Å². The molecule has 0 aliphatic carbocycles. The number of pyridine rings is 1. The number of carbonyl (C=O) groups is 1. The highest BCUT2D eigenvalue weighted by molar-refractivity contribution is 7.99. The normalized spacial score (nSPS) is 10.7. The van der Waals surface area contributed by atoms with E-state index in [1.54, 1.807) is 30.3 Å². The maximum atomic E-state index is 13.2. The van der Waals surface area contributed by atoms with Crippen LogP contribution >= 0.6 is 11.8 Å². The van der Waals surface area contributed by atoms with E-state index in [0.29, 0.717) is 34.6 Å². The molecule has 0 bridgehead atoms. The summed E-state index contributed by atoms with van der Waals surface area (Å²) in [7, 11) is 0. The lowest BCUT2D eigenvalue weighted by molar-refractivity contribution is -0.113. The van der Waals surface area contributed by atoms with E-state index in [9.17, 15) is 14.0 Å². The van der Waals surface area contributed by atoms with Gasteiger partial charge in [-0.05, 0) is 49.4 Å². The van der Waals surface area contributed by atoms with Gasteiger partial charge in [0.05, 0.1) is 12.4 Å². The molecule has 140 valence electrons. The monoisotopic (exact) mass is 386 g/mol. The third-order valence-corrected chi connectivity index (χ3v) is 4.77. The molecular weight excluding hydrogens is 367 g/mol. The largest absolute Gasteiger partial charge is 0.494 e. The Hall–Kier alpha value is -2.80. The average Bonchev–Trinajstić information content (AvgIpc) is 2.64. The Labute approximate surface area is 159 Å². The molecule has 0 saturated carbocycles. The number of halogens is 1. The minimum absolute atomic E-state index is 0.130. The first-order valence-corrected chi connectivity index (χ1v) is 9.62. The molecule has 2 N–H and O–H groups in total. The van der Waals surface area contributed by atoms with E-state index in [-0.39, 0.29) is 17.1 Å². The second-order valence-electron chi connectivity index (χ2n) is 5.85. The van der Waals surface area contributed by atoms with Gasteiger partial charge < -0.3 is 15.0 Å². The van der Waals surface area contributed by atoms with Crippen LogP contribution in [0.25, 0.3) is 10.9 Å². The van der Waals surface area contributed by atoms with E-state index in [4.69, 9.17) is 4.74 Å². The van der Waals surface area contributed by atoms with E-state index in [0.717, 1.165) is 5.75 Å². The fraction of sp³-hybridized carbons (Fsp3) is 0.200. The molecule has 0 fully saturated rings. The summed E-state index contributed by atoms with van der Waals surface area (Å²) in [5.74, 6) is 0.899. The summed E-state index contributed by atoms with van der Waals surface area (Å²) in [6.07, 6.45) is 0. The molecule has 1 amide bonds. The van der Waals surface area contributed by atoms with Crippen LogP contribution in [0.4, 0.5) is 10.1 Å². The topological polar surface area (TPSA) is 71.2 Å². The number of rotatable bonds is 7. The Bertz CT molecular complexity index is 1000. The Morgan fingerprint density at radius 1 is 1.19 bits per heavy atom. The minimum Gasteiger partial charge on any atom is -0.494 e. The first kappa shape index (κ1) is 19.0. The van der Waals surface area contributed by atoms with Crippen LogP contribution in [0.5, 0.6) is 5.75 Å². The van der Waals surface area contributed by atoms with Crippen LogP contribution in [0.3, 0.4) is 0 Å². The molecule has 0 unspecified atom stereocenters. The lowest BCUT2D eigenvalue weighted by Crippen LogP contribution is -2.14. The summed E-state index contributed by atoms with van der Waals surface area (Å²) in [5.41, 5.74) is 1.74. The summed E-state index contributed by atoms with van der Waals surface area (Å²) in [4.78, 5) is 27.2. The molecule has 1 aromatic heterocycles. The summed E-state index contributed by atoms with van der Waals surface area (Å²) in [6, 6.07) is 12.7. The first-order valence-electron chi connectivity index (χ1n) is 8.47. The number of hydrogen-bond acceptors (Lipinski definition) is 4. The van der Waals surface area contributed by atoms with Crippen LogP contribution < -0.4 is 15.5 Å². The summed E-state index contributed by atoms with van der Waals surface area (Å²) < 4.78 is 18.6. The summed E-state index contributed by atoms with van der Waals surface area (Å²) in [6.45, 7) is 2.50. The summed E-state index contributed by atoms with van der Waals surface area (Å²) >= 11 is 1.38. The smallest absolute Gasteiger partial charge is 0.234 e. The average molecular weight is 386 g/mol. The van der Waals surface area contributed by atoms with Gasteiger partial charge in [-0.25, -0.2) is 4.39 Å². The van der Waals surface area contributed by atoms with Gasteiger partial charge in [-0.3, -0.25) is 9.59 Å². The molecule has 0 aliphatic heterocycles. The number of anilines is 1. The van der Waals surface area contributed by atoms with Gasteiger partial charge in [0, 0.05) is 34.1 Å². The van der Waals surface area contributed by atoms with Crippen molar-refractivity contribution in [3.8, 4) is 5.75 Å². The van der Waals surface area contributed by atoms with Crippen molar-refractivity contribution in [2.24, 2.45) is 0 Å². The fourth-order valence-electron chi connectivity index (χ4n) is 2.60. The van der Waals surface area contributed by atoms with Crippen molar-refractivity contribution in [1.82, 2.24) is 4.98 Å². The molecule has 3 aromatic rings. The maximum absolute atomic E-state index is 13.2. The number of aromatic amines is 1. The molecular formula is C20H19FN2O3S. The number of H-pyrrole nitrogens is 1. The van der Waals surface area contributed by atoms with E-state index in [1.165, 1.54) is 30.0 Å². The summed E-state index contributed by atoms with van der Waals surface area (Å²) in [5, 5.41) is 3.13. The van der Waals surface area contributed by atoms with Crippen molar-refractivity contribution in [3.63, 3.8) is 0 Å². The highest BCUT2D eigenvalue weighted by Crippen LogP contribution is 2.17. The van der Waals surface area contributed by atoms with Crippen molar-refractivity contribution in [3.05, 3.63) is 70.3 Å². The molecule has 0 atom stereocenters. The van der Waals surface area contributed by atoms with Crippen molar-refractivity contribution < 1.29 is 13.9 Å². The molecule has 5 nitrogen and oxygen atoms in total. The Kier molecular flexibility index (Phi) is 6.13. The van der Waals surface area contributed by atoms with E-state index >= 15 is 0 Å². The van der Waals surface area contributed by atoms with Crippen LogP contribution in [0.1, 0.15) is 12.6 Å². The molecule has 0 saturated heterocycles. The fourth-order valence-corrected chi connectivity index (χ4v) is 3.34. The van der Waals surface area contributed by atoms with Gasteiger partial charge in [-0.1, -0.05) is 0 Å². The van der Waals surface area contributed by atoms with E-state index in [1.807, 2.05) is 6.92 Å². The SMILES string of the molecule is CCOc1ccc(NC(=O)CSCc2cc(=O)c3cc(F)ccc3[nH]2)cc1. The lowest BCUT2D eigenvalue weighted by Gasteiger charge is -2.07. The number of nitrogens with one attached hydrogen (secondary N) is 2. The van der Waals surface area contributed by atoms with Gasteiger partial charge >= 0.3 is 0 Å². The predicted octanol–water partition coefficient (Wildman–Crippen LogP) is 3.94. The maximum Gasteiger partial charge on any atom is 0.234 e. The molecule has 0 aliphatic rings. The molecule has 0 radical (unpaired) electrons. The third kappa shape index (κ3) is 5.10. The number of amides is 1. The zero-order valence-corrected chi connectivity index (χ0v) is 15.6. The van der Waals surface area contributed by atoms with Gasteiger partial charge in [0.2, 0.25) is 5.91 Å². The van der Waals surface area contributed by atoms with Crippen LogP contribution in [0.15, 0.2) is 53.3 Å². The molecule has 1 heterocycles. The van der Waals surface area contributed by atoms with Crippen molar-refractivity contribution in [1.29, 1.82) is 0 Å². The number of fused-ring (bicyclic) bond motifs is 1. The zero-order chi connectivity index (χ0) is 19.2. The number of thioether (sulfide) groups is 1. The molecule has 27 heavy (non-hydrogen) atoms. The van der Waals surface area contributed by atoms with Gasteiger partial charge in [0.25, 0.3) is 0 Å². The number of aromatic nitrogens is 1. The second kappa shape index (κ2) is 8.73. The van der Waals surface area contributed by atoms with Crippen LogP contribution in [0, 0.1) is 5.82 Å². The lowest BCUT2D eigenvalue weighted by atomic mass is 10.2. The van der Waals surface area contributed by atoms with Gasteiger partial charge in [-0.2, -0.15) is 0 Å². The quantitative estimate of drug-likeness (QED) is 0.645. The van der Waals surface area contributed by atoms with Crippen LogP contribution in [0.2, 0.25) is 0 Å². The number of hydrogen-bond donors (Lipinski definition) is 2. The van der Waals surface area contributed by atoms with Crippen LogP contribution in [-0.4, -0.2) is 23.3 Å². The van der Waals surface area contributed by atoms with Crippen LogP contribution in [-0.2, 0) is 10.5 Å². The van der Waals surface area contributed by atoms with Gasteiger partial charge in [0.15, 0.2) is 5.43 Å². The van der Waals surface area contributed by atoms with E-state index < -0.39 is 5.82 Å². The highest BCUT2D eigenvalue weighted by Gasteiger charge is 2.06. The van der Waals surface area contributed by atoms with Gasteiger partial charge in [0.1, 0.15) is 11.6 Å². The van der Waals surface area contributed by atoms with Crippen molar-refractivity contribution in [2.75, 3.05) is 17.7 Å². The minimum atomic E-state index is -0.443. The molecule has 2 aromatic carbocycles. The Morgan fingerprint density at radius 3 is 2.70 bits per heavy atom. The molecule has 0 spiro atoms. The highest BCUT2D eigenvalue weighted by atomic mass is 32.2. The first-order chi connectivity index (χ1) is 13.0. The second-order valence-corrected chi connectivity index (χ2v) is 6.83. The number of carbonyl (C=O) groups excluding carboxylic acids is 1. The zero-order valence-electron chi connectivity index (χ0n) is 14.8. The predicted molar refractivity (Wildman–Crippen MR) is 107 cm³/mol. The Balaban J connectivity index is 1.54.